The molecule has 2 N–H and O–H groups in total. The Labute approximate surface area is 133 Å². The van der Waals surface area contributed by atoms with Crippen LogP contribution in [0.4, 0.5) is 4.79 Å². The van der Waals surface area contributed by atoms with Gasteiger partial charge >= 0.3 is 6.09 Å². The molecule has 0 unspecified atom stereocenters. The molecule has 1 aromatic carbocycles. The van der Waals surface area contributed by atoms with Gasteiger partial charge in [-0.1, -0.05) is 18.2 Å². The Morgan fingerprint density at radius 3 is 2.78 bits per heavy atom. The topological polar surface area (TPSA) is 109 Å². The van der Waals surface area contributed by atoms with E-state index >= 15 is 0 Å². The van der Waals surface area contributed by atoms with Crippen LogP contribution in [0.25, 0.3) is 6.08 Å². The fraction of sp³-hybridized carbons (Fsp3) is 0.188. The van der Waals surface area contributed by atoms with Gasteiger partial charge in [-0.3, -0.25) is 10.1 Å². The lowest BCUT2D eigenvalue weighted by molar-refractivity contribution is -0.116. The first kappa shape index (κ1) is 17.8. The molecule has 0 bridgehead atoms. The zero-order valence-corrected chi connectivity index (χ0v) is 12.7. The van der Waals surface area contributed by atoms with E-state index in [2.05, 4.69) is 4.74 Å². The number of ether oxygens (including phenoxy) is 2. The number of alkyl carbamates (subject to hydrolysis) is 1. The second-order valence-electron chi connectivity index (χ2n) is 4.16. The summed E-state index contributed by atoms with van der Waals surface area (Å²) in [6.45, 7) is 1.72. The van der Waals surface area contributed by atoms with Crippen LogP contribution in [-0.2, 0) is 9.53 Å². The van der Waals surface area contributed by atoms with Crippen molar-refractivity contribution in [1.82, 2.24) is 5.32 Å². The molecule has 7 heteroatoms. The summed E-state index contributed by atoms with van der Waals surface area (Å²) >= 11 is 0. The van der Waals surface area contributed by atoms with Gasteiger partial charge in [-0.2, -0.15) is 5.26 Å². The highest BCUT2D eigenvalue weighted by Crippen LogP contribution is 2.26. The van der Waals surface area contributed by atoms with Crippen molar-refractivity contribution < 1.29 is 24.2 Å². The van der Waals surface area contributed by atoms with Crippen molar-refractivity contribution in [2.45, 2.75) is 6.92 Å². The monoisotopic (exact) mass is 316 g/mol. The Hall–Kier alpha value is -3.27. The van der Waals surface area contributed by atoms with Crippen LogP contribution in [0.2, 0.25) is 0 Å². The minimum Gasteiger partial charge on any atom is -0.504 e. The first-order valence-electron chi connectivity index (χ1n) is 6.65. The van der Waals surface area contributed by atoms with Crippen molar-refractivity contribution in [3.05, 3.63) is 41.5 Å². The van der Waals surface area contributed by atoms with Crippen molar-refractivity contribution in [2.24, 2.45) is 0 Å². The van der Waals surface area contributed by atoms with E-state index in [1.54, 1.807) is 31.2 Å². The largest absolute Gasteiger partial charge is 0.504 e. The Bertz CT molecular complexity index is 686. The number of phenols is 1. The predicted octanol–water partition coefficient (Wildman–Crippen LogP) is 2.14. The summed E-state index contributed by atoms with van der Waals surface area (Å²) in [7, 11) is 1.43. The first-order valence-corrected chi connectivity index (χ1v) is 6.65. The van der Waals surface area contributed by atoms with Crippen LogP contribution in [0.3, 0.4) is 0 Å². The molecule has 120 valence electrons. The number of nitrogens with zero attached hydrogens (tertiary/aromatic N) is 1. The molecule has 0 saturated carbocycles. The number of methoxy groups -OCH3 is 1. The SMILES string of the molecule is CCOC(=O)NC(=O)/C(C#N)=C/C=C/c1ccc(O)c(OC)c1. The molecular formula is C16H16N2O5. The van der Waals surface area contributed by atoms with Gasteiger partial charge in [0, 0.05) is 0 Å². The lowest BCUT2D eigenvalue weighted by atomic mass is 10.1. The summed E-state index contributed by atoms with van der Waals surface area (Å²) in [5, 5.41) is 20.4. The molecule has 1 aromatic rings. The number of hydrogen-bond acceptors (Lipinski definition) is 6. The van der Waals surface area contributed by atoms with Crippen LogP contribution in [0.1, 0.15) is 12.5 Å². The van der Waals surface area contributed by atoms with Gasteiger partial charge in [0.1, 0.15) is 11.6 Å². The van der Waals surface area contributed by atoms with E-state index < -0.39 is 12.0 Å². The number of nitriles is 1. The third kappa shape index (κ3) is 5.55. The Morgan fingerprint density at radius 1 is 1.43 bits per heavy atom. The number of phenolic OH excluding ortho intramolecular Hbond substituents is 1. The normalized spacial score (nSPS) is 10.9. The van der Waals surface area contributed by atoms with Crippen molar-refractivity contribution in [3.63, 3.8) is 0 Å². The van der Waals surface area contributed by atoms with E-state index in [1.165, 1.54) is 25.3 Å². The van der Waals surface area contributed by atoms with Crippen LogP contribution in [0, 0.1) is 11.3 Å². The highest BCUT2D eigenvalue weighted by molar-refractivity contribution is 6.05. The van der Waals surface area contributed by atoms with Crippen LogP contribution >= 0.6 is 0 Å². The summed E-state index contributed by atoms with van der Waals surface area (Å²) in [6, 6.07) is 6.37. The molecule has 0 radical (unpaired) electrons. The van der Waals surface area contributed by atoms with Gasteiger partial charge in [0.2, 0.25) is 0 Å². The van der Waals surface area contributed by atoms with Gasteiger partial charge in [0.05, 0.1) is 13.7 Å². The number of nitrogens with one attached hydrogen (secondary N) is 1. The summed E-state index contributed by atoms with van der Waals surface area (Å²) in [4.78, 5) is 22.8. The number of carbonyl (C=O) groups excluding carboxylic acids is 2. The molecular weight excluding hydrogens is 300 g/mol. The molecule has 23 heavy (non-hydrogen) atoms. The Kier molecular flexibility index (Phi) is 6.88. The van der Waals surface area contributed by atoms with Crippen LogP contribution in [0.15, 0.2) is 35.9 Å². The van der Waals surface area contributed by atoms with Gasteiger partial charge < -0.3 is 14.6 Å². The quantitative estimate of drug-likeness (QED) is 0.489. The number of benzene rings is 1. The number of carbonyl (C=O) groups is 2. The van der Waals surface area contributed by atoms with Gasteiger partial charge in [0.15, 0.2) is 11.5 Å². The maximum absolute atomic E-state index is 11.7. The molecule has 0 aromatic heterocycles. The second kappa shape index (κ2) is 8.89. The van der Waals surface area contributed by atoms with Crippen LogP contribution in [-0.4, -0.2) is 30.8 Å². The fourth-order valence-corrected chi connectivity index (χ4v) is 1.54. The number of aromatic hydroxyl groups is 1. The lowest BCUT2D eigenvalue weighted by Gasteiger charge is -2.03. The van der Waals surface area contributed by atoms with Crippen molar-refractivity contribution in [3.8, 4) is 17.6 Å². The predicted molar refractivity (Wildman–Crippen MR) is 82.6 cm³/mol. The van der Waals surface area contributed by atoms with Crippen molar-refractivity contribution in [2.75, 3.05) is 13.7 Å². The van der Waals surface area contributed by atoms with E-state index in [1.807, 2.05) is 5.32 Å². The minimum atomic E-state index is -0.911. The zero-order valence-electron chi connectivity index (χ0n) is 12.7. The summed E-state index contributed by atoms with van der Waals surface area (Å²) in [6.07, 6.45) is 3.42. The van der Waals surface area contributed by atoms with Crippen molar-refractivity contribution >= 4 is 18.1 Å². The van der Waals surface area contributed by atoms with E-state index in [9.17, 15) is 14.7 Å². The molecule has 0 heterocycles. The summed E-state index contributed by atoms with van der Waals surface area (Å²) in [5.41, 5.74) is 0.444. The van der Waals surface area contributed by atoms with Crippen molar-refractivity contribution in [1.29, 1.82) is 5.26 Å². The van der Waals surface area contributed by atoms with E-state index in [-0.39, 0.29) is 17.9 Å². The molecule has 0 aliphatic carbocycles. The Morgan fingerprint density at radius 2 is 2.17 bits per heavy atom. The average Bonchev–Trinajstić information content (AvgIpc) is 2.53. The van der Waals surface area contributed by atoms with E-state index in [0.29, 0.717) is 11.3 Å². The molecule has 0 atom stereocenters. The maximum Gasteiger partial charge on any atom is 0.414 e. The highest BCUT2D eigenvalue weighted by atomic mass is 16.5. The minimum absolute atomic E-state index is 0.00622. The third-order valence-electron chi connectivity index (χ3n) is 2.61. The zero-order chi connectivity index (χ0) is 17.2. The molecule has 0 aliphatic rings. The van der Waals surface area contributed by atoms with Gasteiger partial charge in [-0.25, -0.2) is 4.79 Å². The maximum atomic E-state index is 11.7. The molecule has 0 saturated heterocycles. The van der Waals surface area contributed by atoms with Crippen LogP contribution in [0.5, 0.6) is 11.5 Å². The molecule has 0 spiro atoms. The van der Waals surface area contributed by atoms with E-state index in [4.69, 9.17) is 10.00 Å². The summed E-state index contributed by atoms with van der Waals surface area (Å²) in [5.74, 6) is -0.540. The number of imide groups is 1. The molecule has 0 fully saturated rings. The standard InChI is InChI=1S/C16H16N2O5/c1-3-23-16(21)18-15(20)12(10-17)6-4-5-11-7-8-13(19)14(9-11)22-2/h4-9,19H,3H2,1-2H3,(H,18,20,21)/b5-4+,12-6+. The first-order chi connectivity index (χ1) is 11.0. The van der Waals surface area contributed by atoms with Gasteiger partial charge in [-0.15, -0.1) is 0 Å². The van der Waals surface area contributed by atoms with Gasteiger partial charge in [0.25, 0.3) is 5.91 Å². The Balaban J connectivity index is 2.82. The third-order valence-corrected chi connectivity index (χ3v) is 2.61. The highest BCUT2D eigenvalue weighted by Gasteiger charge is 2.12. The van der Waals surface area contributed by atoms with E-state index in [0.717, 1.165) is 0 Å². The second-order valence-corrected chi connectivity index (χ2v) is 4.16. The molecule has 2 amide bonds. The molecule has 0 aliphatic heterocycles. The fourth-order valence-electron chi connectivity index (χ4n) is 1.54. The van der Waals surface area contributed by atoms with Crippen LogP contribution < -0.4 is 10.1 Å². The number of hydrogen-bond donors (Lipinski definition) is 2. The molecule has 7 nitrogen and oxygen atoms in total. The lowest BCUT2D eigenvalue weighted by Crippen LogP contribution is -2.31. The number of allylic oxidation sites excluding steroid dienone is 2. The summed E-state index contributed by atoms with van der Waals surface area (Å²) < 4.78 is 9.53. The average molecular weight is 316 g/mol. The molecule has 1 rings (SSSR count). The number of rotatable bonds is 5. The van der Waals surface area contributed by atoms with Gasteiger partial charge in [-0.05, 0) is 30.7 Å². The number of amides is 2. The smallest absolute Gasteiger partial charge is 0.414 e.